The van der Waals surface area contributed by atoms with Gasteiger partial charge in [-0.05, 0) is 13.0 Å². The lowest BCUT2D eigenvalue weighted by molar-refractivity contribution is -0.174. The monoisotopic (exact) mass is 146 g/mol. The van der Waals surface area contributed by atoms with E-state index >= 15 is 0 Å². The van der Waals surface area contributed by atoms with E-state index in [1.165, 1.54) is 6.92 Å². The summed E-state index contributed by atoms with van der Waals surface area (Å²) < 4.78 is 11.0. The molecule has 4 nitrogen and oxygen atoms in total. The molecule has 0 aliphatic rings. The van der Waals surface area contributed by atoms with E-state index < -0.39 is 11.7 Å². The number of hydrogen-bond donors (Lipinski definition) is 2. The van der Waals surface area contributed by atoms with Crippen molar-refractivity contribution in [3.05, 3.63) is 11.8 Å². The molecule has 0 aliphatic carbocycles. The Morgan fingerprint density at radius 1 is 1.80 bits per heavy atom. The highest BCUT2D eigenvalue weighted by atomic mass is 19.3. The van der Waals surface area contributed by atoms with Gasteiger partial charge in [0.25, 0.3) is 0 Å². The molecule has 56 valence electrons. The lowest BCUT2D eigenvalue weighted by Gasteiger charge is -1.90. The lowest BCUT2D eigenvalue weighted by atomic mass is 10.3. The van der Waals surface area contributed by atoms with Gasteiger partial charge >= 0.3 is 5.97 Å². The van der Waals surface area contributed by atoms with Crippen molar-refractivity contribution in [2.45, 2.75) is 6.92 Å². The molecule has 0 rings (SSSR count). The highest BCUT2D eigenvalue weighted by Gasteiger charge is 2.07. The third-order valence-electron chi connectivity index (χ3n) is 0.662. The van der Waals surface area contributed by atoms with Crippen molar-refractivity contribution >= 4 is 11.7 Å². The first-order valence-electron chi connectivity index (χ1n) is 2.43. The van der Waals surface area contributed by atoms with Crippen LogP contribution in [-0.4, -0.2) is 11.7 Å². The topological polar surface area (TPSA) is 76.2 Å². The van der Waals surface area contributed by atoms with Crippen molar-refractivity contribution in [3.63, 3.8) is 0 Å². The molecule has 0 aliphatic heterocycles. The fraction of sp³-hybridized carbons (Fsp3) is 0.200. The van der Waals surface area contributed by atoms with E-state index in [-0.39, 0.29) is 5.70 Å². The van der Waals surface area contributed by atoms with Gasteiger partial charge in [-0.15, -0.1) is 0 Å². The molecule has 0 aromatic carbocycles. The predicted molar refractivity (Wildman–Crippen MR) is 32.9 cm³/mol. The summed E-state index contributed by atoms with van der Waals surface area (Å²) in [6, 6.07) is 0. The number of halogens is 1. The van der Waals surface area contributed by atoms with Gasteiger partial charge in [-0.25, -0.2) is 9.74 Å². The van der Waals surface area contributed by atoms with Crippen molar-refractivity contribution in [1.82, 2.24) is 0 Å². The molecular formula is C5H7FN2O2. The predicted octanol–water partition coefficient (Wildman–Crippen LogP) is 0.296. The van der Waals surface area contributed by atoms with Crippen molar-refractivity contribution in [2.75, 3.05) is 0 Å². The van der Waals surface area contributed by atoms with Gasteiger partial charge in [0.2, 0.25) is 0 Å². The van der Waals surface area contributed by atoms with Gasteiger partial charge in [-0.1, -0.05) is 0 Å². The van der Waals surface area contributed by atoms with Crippen molar-refractivity contribution in [2.24, 2.45) is 5.73 Å². The summed E-state index contributed by atoms with van der Waals surface area (Å²) in [6.45, 7) is 1.47. The molecule has 0 unspecified atom stereocenters. The van der Waals surface area contributed by atoms with Gasteiger partial charge in [-0.2, -0.15) is 0 Å². The van der Waals surface area contributed by atoms with E-state index in [1.807, 2.05) is 0 Å². The summed E-state index contributed by atoms with van der Waals surface area (Å²) in [5.74, 6) is -1.34. The van der Waals surface area contributed by atoms with Crippen molar-refractivity contribution in [3.8, 4) is 0 Å². The van der Waals surface area contributed by atoms with Crippen LogP contribution in [0, 0.1) is 5.41 Å². The molecule has 10 heavy (non-hydrogen) atoms. The molecule has 0 bridgehead atoms. The van der Waals surface area contributed by atoms with Gasteiger partial charge in [0, 0.05) is 10.2 Å². The number of carbonyl (C=O) groups is 1. The van der Waals surface area contributed by atoms with E-state index in [2.05, 4.69) is 4.94 Å². The van der Waals surface area contributed by atoms with Crippen LogP contribution in [-0.2, 0) is 9.74 Å². The zero-order valence-corrected chi connectivity index (χ0v) is 5.35. The Bertz CT molecular complexity index is 184. The second kappa shape index (κ2) is 3.60. The highest BCUT2D eigenvalue weighted by molar-refractivity contribution is 6.39. The maximum atomic E-state index is 11.0. The molecule has 5 heteroatoms. The fourth-order valence-electron chi connectivity index (χ4n) is 0.328. The Morgan fingerprint density at radius 2 is 2.30 bits per heavy atom. The summed E-state index contributed by atoms with van der Waals surface area (Å²) in [5, 5.41) is 6.75. The Morgan fingerprint density at radius 3 is 2.60 bits per heavy atom. The van der Waals surface area contributed by atoms with Gasteiger partial charge in [0.15, 0.2) is 0 Å². The molecule has 0 aromatic rings. The summed E-state index contributed by atoms with van der Waals surface area (Å²) in [6.07, 6.45) is 1.00. The molecule has 0 radical (unpaired) electrons. The quantitative estimate of drug-likeness (QED) is 0.550. The Labute approximate surface area is 56.9 Å². The maximum absolute atomic E-state index is 11.0. The fourth-order valence-corrected chi connectivity index (χ4v) is 0.328. The number of hydrogen-bond acceptors (Lipinski definition) is 4. The standard InChI is InChI=1S/C5H7FN2O2/c1-3(7)2-4(8)5(9)10-6/h2,8H,7H2,1H3/b3-2-,8-4?. The molecule has 0 aromatic heterocycles. The van der Waals surface area contributed by atoms with Crippen LogP contribution in [0.3, 0.4) is 0 Å². The van der Waals surface area contributed by atoms with E-state index in [9.17, 15) is 9.32 Å². The van der Waals surface area contributed by atoms with Crippen LogP contribution in [0.2, 0.25) is 0 Å². The van der Waals surface area contributed by atoms with E-state index in [0.29, 0.717) is 0 Å². The molecule has 0 amide bonds. The lowest BCUT2D eigenvalue weighted by Crippen LogP contribution is -2.11. The maximum Gasteiger partial charge on any atom is 0.397 e. The molecule has 0 fully saturated rings. The van der Waals surface area contributed by atoms with E-state index in [0.717, 1.165) is 6.08 Å². The Kier molecular flexibility index (Phi) is 3.10. The first-order valence-corrected chi connectivity index (χ1v) is 2.43. The number of nitrogens with one attached hydrogen (secondary N) is 1. The minimum absolute atomic E-state index is 0.246. The van der Waals surface area contributed by atoms with Crippen LogP contribution in [0.4, 0.5) is 4.53 Å². The van der Waals surface area contributed by atoms with Gasteiger partial charge in [0.1, 0.15) is 5.71 Å². The Hall–Kier alpha value is -1.39. The number of allylic oxidation sites excluding steroid dienone is 1. The molecule has 0 saturated carbocycles. The zero-order valence-electron chi connectivity index (χ0n) is 5.35. The molecule has 3 N–H and O–H groups in total. The molecule has 0 atom stereocenters. The normalized spacial score (nSPS) is 10.8. The average Bonchev–Trinajstić information content (AvgIpc) is 1.85. The molecular weight excluding hydrogens is 139 g/mol. The largest absolute Gasteiger partial charge is 0.402 e. The molecule has 0 saturated heterocycles. The van der Waals surface area contributed by atoms with Crippen LogP contribution < -0.4 is 5.73 Å². The first kappa shape index (κ1) is 8.61. The number of rotatable bonds is 2. The number of carbonyl (C=O) groups excluding carboxylic acids is 1. The van der Waals surface area contributed by atoms with Crippen LogP contribution in [0.25, 0.3) is 0 Å². The van der Waals surface area contributed by atoms with Crippen LogP contribution in [0.1, 0.15) is 6.92 Å². The van der Waals surface area contributed by atoms with Gasteiger partial charge in [-0.3, -0.25) is 5.41 Å². The zero-order chi connectivity index (χ0) is 8.15. The third-order valence-corrected chi connectivity index (χ3v) is 0.662. The minimum Gasteiger partial charge on any atom is -0.402 e. The summed E-state index contributed by atoms with van der Waals surface area (Å²) in [4.78, 5) is 12.9. The first-order chi connectivity index (χ1) is 4.57. The van der Waals surface area contributed by atoms with Gasteiger partial charge < -0.3 is 5.73 Å². The average molecular weight is 146 g/mol. The number of nitrogens with two attached hydrogens (primary N) is 1. The SMILES string of the molecule is C/C(N)=C/C(=N)C(=O)OF. The van der Waals surface area contributed by atoms with Crippen LogP contribution in [0.15, 0.2) is 11.8 Å². The second-order valence-corrected chi connectivity index (χ2v) is 1.67. The summed E-state index contributed by atoms with van der Waals surface area (Å²) >= 11 is 0. The van der Waals surface area contributed by atoms with E-state index in [1.54, 1.807) is 0 Å². The second-order valence-electron chi connectivity index (χ2n) is 1.67. The molecule has 0 heterocycles. The Balaban J connectivity index is 4.11. The minimum atomic E-state index is -1.34. The highest BCUT2D eigenvalue weighted by Crippen LogP contribution is 1.87. The van der Waals surface area contributed by atoms with Crippen molar-refractivity contribution in [1.29, 1.82) is 5.41 Å². The summed E-state index contributed by atoms with van der Waals surface area (Å²) in [7, 11) is 0. The molecule has 0 spiro atoms. The van der Waals surface area contributed by atoms with Crippen LogP contribution >= 0.6 is 0 Å². The van der Waals surface area contributed by atoms with E-state index in [4.69, 9.17) is 11.1 Å². The van der Waals surface area contributed by atoms with Crippen LogP contribution in [0.5, 0.6) is 0 Å². The van der Waals surface area contributed by atoms with Gasteiger partial charge in [0.05, 0.1) is 0 Å². The third kappa shape index (κ3) is 2.81. The smallest absolute Gasteiger partial charge is 0.397 e. The summed E-state index contributed by atoms with van der Waals surface area (Å²) in [5.41, 5.74) is 4.71. The van der Waals surface area contributed by atoms with Crippen molar-refractivity contribution < 1.29 is 14.3 Å².